The largest absolute Gasteiger partial charge is 0.461 e. The Kier molecular flexibility index (Phi) is 6.03. The highest BCUT2D eigenvalue weighted by Gasteiger charge is 2.21. The lowest BCUT2D eigenvalue weighted by Gasteiger charge is -2.10. The second kappa shape index (κ2) is 7.30. The van der Waals surface area contributed by atoms with E-state index in [-0.39, 0.29) is 31.3 Å². The zero-order valence-corrected chi connectivity index (χ0v) is 11.1. The van der Waals surface area contributed by atoms with Crippen molar-refractivity contribution in [3.05, 3.63) is 11.4 Å². The van der Waals surface area contributed by atoms with Gasteiger partial charge in [0.25, 0.3) is 0 Å². The molecule has 0 aliphatic carbocycles. The molecule has 0 saturated heterocycles. The van der Waals surface area contributed by atoms with Crippen LogP contribution in [0, 0.1) is 0 Å². The first kappa shape index (κ1) is 14.9. The van der Waals surface area contributed by atoms with Crippen LogP contribution in [0.2, 0.25) is 0 Å². The summed E-state index contributed by atoms with van der Waals surface area (Å²) in [6.07, 6.45) is -0.742. The minimum atomic E-state index is -0.742. The van der Waals surface area contributed by atoms with Gasteiger partial charge in [0, 0.05) is 7.11 Å². The fourth-order valence-corrected chi connectivity index (χ4v) is 1.68. The molecule has 102 valence electrons. The molecule has 0 fully saturated rings. The van der Waals surface area contributed by atoms with Gasteiger partial charge in [-0.15, -0.1) is 16.7 Å². The standard InChI is InChI=1S/C10H16ClN3O4/c1-3-18-10(16)9-8(4-11)14(13-12-9)5-7(15)6-17-2/h7,15H,3-6H2,1-2H3. The third-order valence-electron chi connectivity index (χ3n) is 2.18. The van der Waals surface area contributed by atoms with Crippen LogP contribution in [-0.4, -0.2) is 52.5 Å². The molecular weight excluding hydrogens is 262 g/mol. The molecule has 1 atom stereocenters. The maximum Gasteiger partial charge on any atom is 0.360 e. The summed E-state index contributed by atoms with van der Waals surface area (Å²) in [6.45, 7) is 2.27. The number of rotatable bonds is 7. The van der Waals surface area contributed by atoms with Crippen molar-refractivity contribution >= 4 is 17.6 Å². The summed E-state index contributed by atoms with van der Waals surface area (Å²) in [5, 5.41) is 17.1. The number of hydrogen-bond acceptors (Lipinski definition) is 6. The number of nitrogens with zero attached hydrogens (tertiary/aromatic N) is 3. The number of hydrogen-bond donors (Lipinski definition) is 1. The number of ether oxygens (including phenoxy) is 2. The average Bonchev–Trinajstić information content (AvgIpc) is 2.72. The van der Waals surface area contributed by atoms with Gasteiger partial charge in [-0.25, -0.2) is 9.48 Å². The van der Waals surface area contributed by atoms with Crippen molar-refractivity contribution in [3.63, 3.8) is 0 Å². The molecule has 0 amide bonds. The van der Waals surface area contributed by atoms with E-state index in [0.29, 0.717) is 5.69 Å². The van der Waals surface area contributed by atoms with Crippen LogP contribution in [-0.2, 0) is 21.9 Å². The maximum atomic E-state index is 11.6. The molecule has 0 aliphatic heterocycles. The number of aromatic nitrogens is 3. The number of aliphatic hydroxyl groups excluding tert-OH is 1. The highest BCUT2D eigenvalue weighted by atomic mass is 35.5. The molecule has 1 aromatic heterocycles. The van der Waals surface area contributed by atoms with Gasteiger partial charge < -0.3 is 14.6 Å². The highest BCUT2D eigenvalue weighted by molar-refractivity contribution is 6.17. The Morgan fingerprint density at radius 3 is 2.89 bits per heavy atom. The van der Waals surface area contributed by atoms with E-state index >= 15 is 0 Å². The van der Waals surface area contributed by atoms with E-state index in [1.54, 1.807) is 6.92 Å². The predicted molar refractivity (Wildman–Crippen MR) is 63.4 cm³/mol. The topological polar surface area (TPSA) is 86.5 Å². The van der Waals surface area contributed by atoms with E-state index < -0.39 is 12.1 Å². The zero-order chi connectivity index (χ0) is 13.5. The fourth-order valence-electron chi connectivity index (χ4n) is 1.41. The number of aliphatic hydroxyl groups is 1. The smallest absolute Gasteiger partial charge is 0.360 e. The normalized spacial score (nSPS) is 12.4. The number of alkyl halides is 1. The van der Waals surface area contributed by atoms with Crippen LogP contribution < -0.4 is 0 Å². The van der Waals surface area contributed by atoms with Crippen LogP contribution in [0.4, 0.5) is 0 Å². The summed E-state index contributed by atoms with van der Waals surface area (Å²) in [4.78, 5) is 11.6. The first-order chi connectivity index (χ1) is 8.63. The summed E-state index contributed by atoms with van der Waals surface area (Å²) in [5.41, 5.74) is 0.502. The molecular formula is C10H16ClN3O4. The molecule has 0 aliphatic rings. The van der Waals surface area contributed by atoms with E-state index in [1.165, 1.54) is 11.8 Å². The van der Waals surface area contributed by atoms with Crippen LogP contribution in [0.25, 0.3) is 0 Å². The van der Waals surface area contributed by atoms with Gasteiger partial charge in [-0.3, -0.25) is 0 Å². The van der Waals surface area contributed by atoms with Crippen molar-refractivity contribution < 1.29 is 19.4 Å². The molecule has 0 saturated carbocycles. The summed E-state index contributed by atoms with van der Waals surface area (Å²) in [7, 11) is 1.48. The third-order valence-corrected chi connectivity index (χ3v) is 2.43. The van der Waals surface area contributed by atoms with Crippen LogP contribution in [0.15, 0.2) is 0 Å². The van der Waals surface area contributed by atoms with Crippen LogP contribution in [0.5, 0.6) is 0 Å². The van der Waals surface area contributed by atoms with Crippen molar-refractivity contribution in [2.75, 3.05) is 20.3 Å². The Bertz CT molecular complexity index is 396. The number of carbonyl (C=O) groups is 1. The Hall–Kier alpha value is -1.18. The molecule has 0 spiro atoms. The lowest BCUT2D eigenvalue weighted by molar-refractivity contribution is 0.0498. The molecule has 18 heavy (non-hydrogen) atoms. The van der Waals surface area contributed by atoms with Crippen molar-refractivity contribution in [1.82, 2.24) is 15.0 Å². The first-order valence-corrected chi connectivity index (χ1v) is 5.99. The summed E-state index contributed by atoms with van der Waals surface area (Å²) in [6, 6.07) is 0. The molecule has 7 nitrogen and oxygen atoms in total. The predicted octanol–water partition coefficient (Wildman–Crippen LogP) is 0.201. The van der Waals surface area contributed by atoms with Gasteiger partial charge in [-0.05, 0) is 6.92 Å². The SMILES string of the molecule is CCOC(=O)c1nnn(CC(O)COC)c1CCl. The zero-order valence-electron chi connectivity index (χ0n) is 10.3. The van der Waals surface area contributed by atoms with Gasteiger partial charge in [0.2, 0.25) is 0 Å². The third kappa shape index (κ3) is 3.66. The summed E-state index contributed by atoms with van der Waals surface area (Å²) in [5.74, 6) is -0.512. The van der Waals surface area contributed by atoms with Crippen LogP contribution >= 0.6 is 11.6 Å². The average molecular weight is 278 g/mol. The van der Waals surface area contributed by atoms with E-state index in [2.05, 4.69) is 10.3 Å². The van der Waals surface area contributed by atoms with Gasteiger partial charge in [0.05, 0.1) is 37.4 Å². The molecule has 0 radical (unpaired) electrons. The fraction of sp³-hybridized carbons (Fsp3) is 0.700. The van der Waals surface area contributed by atoms with Crippen molar-refractivity contribution in [3.8, 4) is 0 Å². The van der Waals surface area contributed by atoms with Crippen LogP contribution in [0.3, 0.4) is 0 Å². The molecule has 8 heteroatoms. The Morgan fingerprint density at radius 1 is 1.61 bits per heavy atom. The summed E-state index contributed by atoms with van der Waals surface area (Å²) >= 11 is 5.76. The highest BCUT2D eigenvalue weighted by Crippen LogP contribution is 2.11. The minimum absolute atomic E-state index is 0.0564. The van der Waals surface area contributed by atoms with Crippen molar-refractivity contribution in [2.24, 2.45) is 0 Å². The second-order valence-corrected chi connectivity index (χ2v) is 3.80. The van der Waals surface area contributed by atoms with E-state index in [0.717, 1.165) is 0 Å². The van der Waals surface area contributed by atoms with E-state index in [1.807, 2.05) is 0 Å². The quantitative estimate of drug-likeness (QED) is 0.566. The summed E-state index contributed by atoms with van der Waals surface area (Å²) < 4.78 is 11.0. The van der Waals surface area contributed by atoms with E-state index in [4.69, 9.17) is 21.1 Å². The molecule has 1 N–H and O–H groups in total. The second-order valence-electron chi connectivity index (χ2n) is 3.53. The number of carbonyl (C=O) groups excluding carboxylic acids is 1. The number of methoxy groups -OCH3 is 1. The van der Waals surface area contributed by atoms with Gasteiger partial charge >= 0.3 is 5.97 Å². The number of esters is 1. The number of halogens is 1. The molecule has 1 unspecified atom stereocenters. The molecule has 0 aromatic carbocycles. The van der Waals surface area contributed by atoms with Gasteiger partial charge in [-0.1, -0.05) is 5.21 Å². The van der Waals surface area contributed by atoms with Gasteiger partial charge in [0.15, 0.2) is 5.69 Å². The Morgan fingerprint density at radius 2 is 2.33 bits per heavy atom. The molecule has 1 heterocycles. The Labute approximate surface area is 110 Å². The first-order valence-electron chi connectivity index (χ1n) is 5.46. The maximum absolute atomic E-state index is 11.6. The monoisotopic (exact) mass is 277 g/mol. The lowest BCUT2D eigenvalue weighted by atomic mass is 10.3. The lowest BCUT2D eigenvalue weighted by Crippen LogP contribution is -2.23. The van der Waals surface area contributed by atoms with Gasteiger partial charge in [-0.2, -0.15) is 0 Å². The van der Waals surface area contributed by atoms with Crippen molar-refractivity contribution in [2.45, 2.75) is 25.5 Å². The molecule has 1 aromatic rings. The molecule has 1 rings (SSSR count). The van der Waals surface area contributed by atoms with Crippen molar-refractivity contribution in [1.29, 1.82) is 0 Å². The van der Waals surface area contributed by atoms with Gasteiger partial charge in [0.1, 0.15) is 0 Å². The molecule has 0 bridgehead atoms. The minimum Gasteiger partial charge on any atom is -0.461 e. The van der Waals surface area contributed by atoms with Crippen LogP contribution in [0.1, 0.15) is 23.1 Å². The van der Waals surface area contributed by atoms with E-state index in [9.17, 15) is 9.90 Å². The Balaban J connectivity index is 2.84.